The van der Waals surface area contributed by atoms with Gasteiger partial charge in [-0.2, -0.15) is 0 Å². The first-order valence-electron chi connectivity index (χ1n) is 3.28. The van der Waals surface area contributed by atoms with Crippen LogP contribution in [0.4, 0.5) is 4.39 Å². The highest BCUT2D eigenvalue weighted by molar-refractivity contribution is 5.86. The highest BCUT2D eigenvalue weighted by Crippen LogP contribution is 2.19. The Morgan fingerprint density at radius 3 is 2.90 bits per heavy atom. The Balaban J connectivity index is 2.66. The van der Waals surface area contributed by atoms with Crippen LogP contribution in [0.1, 0.15) is 19.3 Å². The highest BCUT2D eigenvalue weighted by atomic mass is 19.1. The minimum absolute atomic E-state index is 0.221. The van der Waals surface area contributed by atoms with Crippen LogP contribution in [0.5, 0.6) is 0 Å². The van der Waals surface area contributed by atoms with E-state index < -0.39 is 12.1 Å². The summed E-state index contributed by atoms with van der Waals surface area (Å²) in [5.74, 6) is -0.984. The van der Waals surface area contributed by atoms with Gasteiger partial charge >= 0.3 is 5.97 Å². The van der Waals surface area contributed by atoms with E-state index in [4.69, 9.17) is 5.11 Å². The van der Waals surface area contributed by atoms with Crippen LogP contribution in [0.25, 0.3) is 0 Å². The standard InChI is InChI=1S/C7H9FO2/c8-6-3-1-2-5(4-6)7(9)10/h4,6H,1-3H2,(H,9,10). The van der Waals surface area contributed by atoms with Crippen molar-refractivity contribution in [2.75, 3.05) is 0 Å². The zero-order chi connectivity index (χ0) is 7.56. The van der Waals surface area contributed by atoms with Crippen LogP contribution < -0.4 is 0 Å². The number of allylic oxidation sites excluding steroid dienone is 1. The molecule has 10 heavy (non-hydrogen) atoms. The number of hydrogen-bond donors (Lipinski definition) is 1. The van der Waals surface area contributed by atoms with Crippen molar-refractivity contribution in [3.05, 3.63) is 11.6 Å². The van der Waals surface area contributed by atoms with Gasteiger partial charge in [0, 0.05) is 5.57 Å². The molecule has 0 aliphatic heterocycles. The normalized spacial score (nSPS) is 25.7. The van der Waals surface area contributed by atoms with Crippen LogP contribution in [0, 0.1) is 0 Å². The largest absolute Gasteiger partial charge is 0.478 e. The van der Waals surface area contributed by atoms with E-state index in [0.717, 1.165) is 0 Å². The number of carboxylic acid groups (broad SMARTS) is 1. The maximum atomic E-state index is 12.5. The number of aliphatic carboxylic acids is 1. The molecule has 1 atom stereocenters. The Kier molecular flexibility index (Phi) is 2.04. The molecule has 1 unspecified atom stereocenters. The summed E-state index contributed by atoms with van der Waals surface area (Å²) >= 11 is 0. The quantitative estimate of drug-likeness (QED) is 0.605. The summed E-state index contributed by atoms with van der Waals surface area (Å²) in [5, 5.41) is 8.42. The molecule has 2 nitrogen and oxygen atoms in total. The lowest BCUT2D eigenvalue weighted by molar-refractivity contribution is -0.133. The highest BCUT2D eigenvalue weighted by Gasteiger charge is 2.16. The second kappa shape index (κ2) is 2.82. The van der Waals surface area contributed by atoms with Gasteiger partial charge in [-0.15, -0.1) is 0 Å². The number of carboxylic acids is 1. The maximum absolute atomic E-state index is 12.5. The molecule has 0 saturated heterocycles. The second-order valence-corrected chi connectivity index (χ2v) is 2.41. The summed E-state index contributed by atoms with van der Waals surface area (Å²) in [6.07, 6.45) is 1.79. The lowest BCUT2D eigenvalue weighted by Crippen LogP contribution is -2.10. The summed E-state index contributed by atoms with van der Waals surface area (Å²) in [6, 6.07) is 0. The Morgan fingerprint density at radius 1 is 1.80 bits per heavy atom. The Hall–Kier alpha value is -0.860. The molecule has 0 radical (unpaired) electrons. The molecule has 1 rings (SSSR count). The number of hydrogen-bond acceptors (Lipinski definition) is 1. The van der Waals surface area contributed by atoms with Crippen LogP contribution >= 0.6 is 0 Å². The SMILES string of the molecule is O=C(O)C1=CC(F)CCC1. The number of rotatable bonds is 1. The van der Waals surface area contributed by atoms with Gasteiger partial charge < -0.3 is 5.11 Å². The van der Waals surface area contributed by atoms with Crippen LogP contribution in [0.15, 0.2) is 11.6 Å². The predicted molar refractivity (Wildman–Crippen MR) is 34.5 cm³/mol. The molecular weight excluding hydrogens is 135 g/mol. The monoisotopic (exact) mass is 144 g/mol. The third-order valence-corrected chi connectivity index (χ3v) is 1.58. The minimum atomic E-state index is -1.04. The molecule has 0 aromatic rings. The van der Waals surface area contributed by atoms with E-state index in [1.807, 2.05) is 0 Å². The van der Waals surface area contributed by atoms with Gasteiger partial charge in [-0.05, 0) is 25.3 Å². The molecule has 0 amide bonds. The van der Waals surface area contributed by atoms with E-state index in [2.05, 4.69) is 0 Å². The smallest absolute Gasteiger partial charge is 0.331 e. The number of halogens is 1. The Labute approximate surface area is 58.4 Å². The fourth-order valence-corrected chi connectivity index (χ4v) is 1.05. The second-order valence-electron chi connectivity index (χ2n) is 2.41. The van der Waals surface area contributed by atoms with E-state index in [1.165, 1.54) is 6.08 Å². The summed E-state index contributed by atoms with van der Waals surface area (Å²) in [7, 11) is 0. The van der Waals surface area contributed by atoms with Crippen molar-refractivity contribution in [1.29, 1.82) is 0 Å². The summed E-state index contributed by atoms with van der Waals surface area (Å²) < 4.78 is 12.5. The first-order valence-corrected chi connectivity index (χ1v) is 3.28. The molecule has 1 aliphatic rings. The van der Waals surface area contributed by atoms with Crippen LogP contribution in [0.2, 0.25) is 0 Å². The molecule has 1 N–H and O–H groups in total. The van der Waals surface area contributed by atoms with Gasteiger partial charge in [0.2, 0.25) is 0 Å². The van der Waals surface area contributed by atoms with Gasteiger partial charge in [-0.1, -0.05) is 0 Å². The molecule has 0 spiro atoms. The van der Waals surface area contributed by atoms with Crippen LogP contribution in [-0.4, -0.2) is 17.2 Å². The molecule has 0 aromatic carbocycles. The van der Waals surface area contributed by atoms with Gasteiger partial charge in [-0.25, -0.2) is 9.18 Å². The molecule has 0 bridgehead atoms. The van der Waals surface area contributed by atoms with Crippen molar-refractivity contribution in [3.63, 3.8) is 0 Å². The van der Waals surface area contributed by atoms with Crippen molar-refractivity contribution in [2.24, 2.45) is 0 Å². The molecular formula is C7H9FO2. The van der Waals surface area contributed by atoms with Crippen molar-refractivity contribution < 1.29 is 14.3 Å². The minimum Gasteiger partial charge on any atom is -0.478 e. The summed E-state index contributed by atoms with van der Waals surface area (Å²) in [5.41, 5.74) is 0.221. The van der Waals surface area contributed by atoms with Crippen molar-refractivity contribution in [2.45, 2.75) is 25.4 Å². The lowest BCUT2D eigenvalue weighted by atomic mass is 9.99. The topological polar surface area (TPSA) is 37.3 Å². The Morgan fingerprint density at radius 2 is 2.50 bits per heavy atom. The van der Waals surface area contributed by atoms with E-state index in [-0.39, 0.29) is 5.57 Å². The van der Waals surface area contributed by atoms with Gasteiger partial charge in [0.15, 0.2) is 0 Å². The average Bonchev–Trinajstić information content (AvgIpc) is 1.88. The molecule has 3 heteroatoms. The number of alkyl halides is 1. The molecule has 0 fully saturated rings. The molecule has 0 saturated carbocycles. The third-order valence-electron chi connectivity index (χ3n) is 1.58. The van der Waals surface area contributed by atoms with E-state index >= 15 is 0 Å². The first-order chi connectivity index (χ1) is 4.70. The van der Waals surface area contributed by atoms with Crippen molar-refractivity contribution >= 4 is 5.97 Å². The van der Waals surface area contributed by atoms with Gasteiger partial charge in [0.05, 0.1) is 0 Å². The number of carbonyl (C=O) groups is 1. The first kappa shape index (κ1) is 7.25. The van der Waals surface area contributed by atoms with Crippen LogP contribution in [0.3, 0.4) is 0 Å². The van der Waals surface area contributed by atoms with Crippen LogP contribution in [-0.2, 0) is 4.79 Å². The molecule has 0 heterocycles. The zero-order valence-corrected chi connectivity index (χ0v) is 5.51. The van der Waals surface area contributed by atoms with Gasteiger partial charge in [-0.3, -0.25) is 0 Å². The van der Waals surface area contributed by atoms with Gasteiger partial charge in [0.1, 0.15) is 6.17 Å². The summed E-state index contributed by atoms with van der Waals surface area (Å²) in [6.45, 7) is 0. The zero-order valence-electron chi connectivity index (χ0n) is 5.51. The Bertz CT molecular complexity index is 174. The van der Waals surface area contributed by atoms with Crippen molar-refractivity contribution in [3.8, 4) is 0 Å². The molecule has 56 valence electrons. The third kappa shape index (κ3) is 1.56. The van der Waals surface area contributed by atoms with E-state index in [1.54, 1.807) is 0 Å². The van der Waals surface area contributed by atoms with E-state index in [9.17, 15) is 9.18 Å². The molecule has 0 aromatic heterocycles. The van der Waals surface area contributed by atoms with Gasteiger partial charge in [0.25, 0.3) is 0 Å². The fourth-order valence-electron chi connectivity index (χ4n) is 1.05. The fraction of sp³-hybridized carbons (Fsp3) is 0.571. The maximum Gasteiger partial charge on any atom is 0.331 e. The van der Waals surface area contributed by atoms with Crippen molar-refractivity contribution in [1.82, 2.24) is 0 Å². The lowest BCUT2D eigenvalue weighted by Gasteiger charge is -2.11. The summed E-state index contributed by atoms with van der Waals surface area (Å²) in [4.78, 5) is 10.3. The average molecular weight is 144 g/mol. The predicted octanol–water partition coefficient (Wildman–Crippen LogP) is 1.52. The van der Waals surface area contributed by atoms with E-state index in [0.29, 0.717) is 19.3 Å². The molecule has 1 aliphatic carbocycles.